The third-order valence-corrected chi connectivity index (χ3v) is 3.49. The summed E-state index contributed by atoms with van der Waals surface area (Å²) in [6.45, 7) is 1.84. The highest BCUT2D eigenvalue weighted by molar-refractivity contribution is 7.99. The third-order valence-electron chi connectivity index (χ3n) is 2.57. The van der Waals surface area contributed by atoms with Gasteiger partial charge in [-0.05, 0) is 19.1 Å². The van der Waals surface area contributed by atoms with Gasteiger partial charge in [0.05, 0.1) is 23.6 Å². The monoisotopic (exact) mass is 289 g/mol. The molecule has 1 aromatic heterocycles. The van der Waals surface area contributed by atoms with E-state index in [9.17, 15) is 4.79 Å². The molecule has 1 heterocycles. The van der Waals surface area contributed by atoms with Crippen molar-refractivity contribution in [2.45, 2.75) is 17.3 Å². The molecule has 104 valence electrons. The number of hydrogen-bond acceptors (Lipinski definition) is 6. The molecule has 20 heavy (non-hydrogen) atoms. The maximum atomic E-state index is 12.6. The van der Waals surface area contributed by atoms with E-state index in [0.29, 0.717) is 21.9 Å². The number of ketones is 1. The van der Waals surface area contributed by atoms with E-state index >= 15 is 0 Å². The normalized spacial score (nSPS) is 11.9. The first kappa shape index (κ1) is 14.5. The van der Waals surface area contributed by atoms with E-state index in [1.54, 1.807) is 18.2 Å². The minimum atomic E-state index is -0.175. The fourth-order valence-electron chi connectivity index (χ4n) is 1.72. The highest BCUT2D eigenvalue weighted by Gasteiger charge is 2.19. The Morgan fingerprint density at radius 3 is 2.80 bits per heavy atom. The third kappa shape index (κ3) is 3.15. The molecule has 0 bridgehead atoms. The summed E-state index contributed by atoms with van der Waals surface area (Å²) in [5.41, 5.74) is 6.67. The Kier molecular flexibility index (Phi) is 4.70. The van der Waals surface area contributed by atoms with E-state index in [-0.39, 0.29) is 11.2 Å². The fraction of sp³-hybridized carbons (Fsp3) is 0.214. The van der Waals surface area contributed by atoms with Crippen molar-refractivity contribution in [3.8, 4) is 5.75 Å². The van der Waals surface area contributed by atoms with Gasteiger partial charge in [0.15, 0.2) is 0 Å². The SMILES string of the molecule is COc1ccccc1C(=O)c1cncnc1SC(C)N. The Labute approximate surface area is 121 Å². The number of hydrogen-bond donors (Lipinski definition) is 1. The molecular weight excluding hydrogens is 274 g/mol. The summed E-state index contributed by atoms with van der Waals surface area (Å²) in [5.74, 6) is 0.351. The molecule has 0 radical (unpaired) electrons. The van der Waals surface area contributed by atoms with Crippen molar-refractivity contribution in [1.82, 2.24) is 9.97 Å². The molecule has 2 aromatic rings. The van der Waals surface area contributed by atoms with Crippen molar-refractivity contribution in [3.05, 3.63) is 47.9 Å². The Hall–Kier alpha value is -1.92. The van der Waals surface area contributed by atoms with Crippen LogP contribution in [0.5, 0.6) is 5.75 Å². The summed E-state index contributed by atoms with van der Waals surface area (Å²) >= 11 is 1.33. The molecule has 5 nitrogen and oxygen atoms in total. The zero-order valence-corrected chi connectivity index (χ0v) is 12.1. The first-order valence-electron chi connectivity index (χ1n) is 6.03. The zero-order valence-electron chi connectivity index (χ0n) is 11.2. The van der Waals surface area contributed by atoms with Gasteiger partial charge in [0.25, 0.3) is 0 Å². The van der Waals surface area contributed by atoms with Crippen LogP contribution in [0.15, 0.2) is 41.8 Å². The molecule has 0 aliphatic rings. The van der Waals surface area contributed by atoms with Gasteiger partial charge in [0, 0.05) is 6.20 Å². The predicted molar refractivity (Wildman–Crippen MR) is 78.0 cm³/mol. The number of aromatic nitrogens is 2. The molecular formula is C14H15N3O2S. The number of carbonyl (C=O) groups is 1. The summed E-state index contributed by atoms with van der Waals surface area (Å²) in [6, 6.07) is 7.07. The van der Waals surface area contributed by atoms with E-state index in [1.165, 1.54) is 31.4 Å². The average molecular weight is 289 g/mol. The predicted octanol–water partition coefficient (Wildman–Crippen LogP) is 2.11. The summed E-state index contributed by atoms with van der Waals surface area (Å²) in [5, 5.41) is 0.417. The number of rotatable bonds is 5. The average Bonchev–Trinajstić information content (AvgIpc) is 2.46. The van der Waals surface area contributed by atoms with E-state index in [0.717, 1.165) is 0 Å². The number of ether oxygens (including phenoxy) is 1. The van der Waals surface area contributed by atoms with Crippen LogP contribution in [-0.2, 0) is 0 Å². The smallest absolute Gasteiger partial charge is 0.201 e. The van der Waals surface area contributed by atoms with Gasteiger partial charge >= 0.3 is 0 Å². The molecule has 0 spiro atoms. The van der Waals surface area contributed by atoms with Crippen molar-refractivity contribution in [1.29, 1.82) is 0 Å². The lowest BCUT2D eigenvalue weighted by atomic mass is 10.1. The number of nitrogens with zero attached hydrogens (tertiary/aromatic N) is 2. The molecule has 0 amide bonds. The van der Waals surface area contributed by atoms with Gasteiger partial charge < -0.3 is 10.5 Å². The van der Waals surface area contributed by atoms with Gasteiger partial charge in [0.2, 0.25) is 5.78 Å². The van der Waals surface area contributed by atoms with E-state index in [4.69, 9.17) is 10.5 Å². The molecule has 1 unspecified atom stereocenters. The molecule has 0 saturated carbocycles. The van der Waals surface area contributed by atoms with Crippen molar-refractivity contribution in [2.24, 2.45) is 5.73 Å². The van der Waals surface area contributed by atoms with Gasteiger partial charge in [-0.1, -0.05) is 23.9 Å². The first-order chi connectivity index (χ1) is 9.63. The number of methoxy groups -OCH3 is 1. The van der Waals surface area contributed by atoms with Crippen molar-refractivity contribution < 1.29 is 9.53 Å². The summed E-state index contributed by atoms with van der Waals surface area (Å²) in [4.78, 5) is 20.7. The van der Waals surface area contributed by atoms with Crippen LogP contribution in [0.1, 0.15) is 22.8 Å². The summed E-state index contributed by atoms with van der Waals surface area (Å²) in [6.07, 6.45) is 2.91. The Morgan fingerprint density at radius 2 is 2.10 bits per heavy atom. The molecule has 0 aliphatic carbocycles. The standard InChI is InChI=1S/C14H15N3O2S/c1-9(15)20-14-11(7-16-8-17-14)13(18)10-5-3-4-6-12(10)19-2/h3-9H,15H2,1-2H3. The van der Waals surface area contributed by atoms with Gasteiger partial charge in [-0.25, -0.2) is 9.97 Å². The molecule has 1 atom stereocenters. The maximum absolute atomic E-state index is 12.6. The van der Waals surface area contributed by atoms with Crippen molar-refractivity contribution in [3.63, 3.8) is 0 Å². The van der Waals surface area contributed by atoms with Crippen LogP contribution in [-0.4, -0.2) is 28.2 Å². The molecule has 6 heteroatoms. The molecule has 2 rings (SSSR count). The molecule has 0 saturated heterocycles. The lowest BCUT2D eigenvalue weighted by Gasteiger charge is -2.10. The topological polar surface area (TPSA) is 78.1 Å². The second-order valence-electron chi connectivity index (χ2n) is 4.09. The van der Waals surface area contributed by atoms with Crippen molar-refractivity contribution >= 4 is 17.5 Å². The molecule has 0 aliphatic heterocycles. The number of nitrogens with two attached hydrogens (primary N) is 1. The molecule has 0 fully saturated rings. The van der Waals surface area contributed by atoms with Crippen LogP contribution in [0, 0.1) is 0 Å². The first-order valence-corrected chi connectivity index (χ1v) is 6.91. The second-order valence-corrected chi connectivity index (χ2v) is 5.46. The quantitative estimate of drug-likeness (QED) is 0.393. The van der Waals surface area contributed by atoms with Crippen LogP contribution in [0.25, 0.3) is 0 Å². The Balaban J connectivity index is 2.43. The molecule has 2 N–H and O–H groups in total. The van der Waals surface area contributed by atoms with Crippen LogP contribution in [0.4, 0.5) is 0 Å². The number of para-hydroxylation sites is 1. The summed E-state index contributed by atoms with van der Waals surface area (Å²) < 4.78 is 5.22. The molecule has 1 aromatic carbocycles. The Bertz CT molecular complexity index is 617. The second kappa shape index (κ2) is 6.49. The minimum Gasteiger partial charge on any atom is -0.496 e. The minimum absolute atomic E-state index is 0.158. The summed E-state index contributed by atoms with van der Waals surface area (Å²) in [7, 11) is 1.53. The zero-order chi connectivity index (χ0) is 14.5. The number of thioether (sulfide) groups is 1. The van der Waals surface area contributed by atoms with Gasteiger partial charge in [0.1, 0.15) is 17.1 Å². The highest BCUT2D eigenvalue weighted by atomic mass is 32.2. The Morgan fingerprint density at radius 1 is 1.35 bits per heavy atom. The number of benzene rings is 1. The van der Waals surface area contributed by atoms with E-state index in [2.05, 4.69) is 9.97 Å². The van der Waals surface area contributed by atoms with Crippen LogP contribution in [0.3, 0.4) is 0 Å². The lowest BCUT2D eigenvalue weighted by molar-refractivity contribution is 0.103. The largest absolute Gasteiger partial charge is 0.496 e. The fourth-order valence-corrected chi connectivity index (χ4v) is 2.45. The van der Waals surface area contributed by atoms with Crippen molar-refractivity contribution in [2.75, 3.05) is 7.11 Å². The number of carbonyl (C=O) groups excluding carboxylic acids is 1. The van der Waals surface area contributed by atoms with Gasteiger partial charge in [-0.2, -0.15) is 0 Å². The van der Waals surface area contributed by atoms with E-state index in [1.807, 2.05) is 13.0 Å². The van der Waals surface area contributed by atoms with Crippen LogP contribution in [0.2, 0.25) is 0 Å². The lowest BCUT2D eigenvalue weighted by Crippen LogP contribution is -2.12. The van der Waals surface area contributed by atoms with Crippen LogP contribution >= 0.6 is 11.8 Å². The van der Waals surface area contributed by atoms with E-state index < -0.39 is 0 Å². The maximum Gasteiger partial charge on any atom is 0.201 e. The van der Waals surface area contributed by atoms with Gasteiger partial charge in [-0.15, -0.1) is 0 Å². The highest BCUT2D eigenvalue weighted by Crippen LogP contribution is 2.26. The van der Waals surface area contributed by atoms with Crippen LogP contribution < -0.4 is 10.5 Å². The van der Waals surface area contributed by atoms with Gasteiger partial charge in [-0.3, -0.25) is 4.79 Å².